The van der Waals surface area contributed by atoms with Crippen molar-refractivity contribution in [2.24, 2.45) is 11.7 Å². The molecule has 1 saturated heterocycles. The number of nitrogens with two attached hydrogens (primary N) is 1. The second-order valence-electron chi connectivity index (χ2n) is 5.14. The van der Waals surface area contributed by atoms with E-state index in [9.17, 15) is 4.79 Å². The number of carbonyl (C=O) groups excluding carboxylic acids is 1. The number of amides is 1. The summed E-state index contributed by atoms with van der Waals surface area (Å²) in [7, 11) is 1.69. The van der Waals surface area contributed by atoms with Gasteiger partial charge in [0.05, 0.1) is 5.92 Å². The lowest BCUT2D eigenvalue weighted by Crippen LogP contribution is -2.42. The molecular weight excluding hydrogens is 240 g/mol. The zero-order chi connectivity index (χ0) is 13.8. The number of carbonyl (C=O) groups is 1. The second kappa shape index (κ2) is 6.02. The Morgan fingerprint density at radius 2 is 2.42 bits per heavy atom. The smallest absolute Gasteiger partial charge is 0.224 e. The first kappa shape index (κ1) is 13.8. The van der Waals surface area contributed by atoms with E-state index in [0.717, 1.165) is 37.3 Å². The number of aromatic nitrogens is 1. The van der Waals surface area contributed by atoms with Crippen molar-refractivity contribution in [3.05, 3.63) is 23.9 Å². The van der Waals surface area contributed by atoms with Crippen LogP contribution in [0.5, 0.6) is 0 Å². The van der Waals surface area contributed by atoms with E-state index in [1.54, 1.807) is 13.2 Å². The first-order chi connectivity index (χ1) is 9.11. The molecule has 5 heteroatoms. The standard InChI is InChI=1S/C14H22N4O/c1-10(15)11-5-6-17-13(8-11)18-7-3-4-12(9-18)14(19)16-2/h5-6,8,10,12H,3-4,7,9,15H2,1-2H3,(H,16,19)/t10-,12?/m1/s1. The quantitative estimate of drug-likeness (QED) is 0.854. The van der Waals surface area contributed by atoms with Crippen molar-refractivity contribution in [2.75, 3.05) is 25.0 Å². The zero-order valence-electron chi connectivity index (χ0n) is 11.6. The minimum Gasteiger partial charge on any atom is -0.359 e. The first-order valence-electron chi connectivity index (χ1n) is 6.80. The molecule has 1 unspecified atom stereocenters. The summed E-state index contributed by atoms with van der Waals surface area (Å²) in [4.78, 5) is 18.3. The van der Waals surface area contributed by atoms with Crippen molar-refractivity contribution in [2.45, 2.75) is 25.8 Å². The van der Waals surface area contributed by atoms with Crippen LogP contribution in [0.2, 0.25) is 0 Å². The highest BCUT2D eigenvalue weighted by Gasteiger charge is 2.25. The Morgan fingerprint density at radius 1 is 1.63 bits per heavy atom. The molecule has 0 saturated carbocycles. The molecule has 2 heterocycles. The highest BCUT2D eigenvalue weighted by Crippen LogP contribution is 2.23. The van der Waals surface area contributed by atoms with E-state index in [1.807, 2.05) is 19.1 Å². The summed E-state index contributed by atoms with van der Waals surface area (Å²) in [6, 6.07) is 3.96. The molecule has 1 aliphatic heterocycles. The van der Waals surface area contributed by atoms with E-state index in [2.05, 4.69) is 15.2 Å². The SMILES string of the molecule is CNC(=O)C1CCCN(c2cc([C@@H](C)N)ccn2)C1. The van der Waals surface area contributed by atoms with Crippen molar-refractivity contribution in [1.29, 1.82) is 0 Å². The summed E-state index contributed by atoms with van der Waals surface area (Å²) in [6.45, 7) is 3.64. The zero-order valence-corrected chi connectivity index (χ0v) is 11.6. The van der Waals surface area contributed by atoms with Crippen molar-refractivity contribution in [3.63, 3.8) is 0 Å². The maximum Gasteiger partial charge on any atom is 0.224 e. The molecule has 19 heavy (non-hydrogen) atoms. The van der Waals surface area contributed by atoms with Gasteiger partial charge in [0.2, 0.25) is 5.91 Å². The van der Waals surface area contributed by atoms with Gasteiger partial charge in [-0.05, 0) is 37.5 Å². The van der Waals surface area contributed by atoms with E-state index in [0.29, 0.717) is 0 Å². The number of pyridine rings is 1. The molecule has 0 bridgehead atoms. The average molecular weight is 262 g/mol. The van der Waals surface area contributed by atoms with Gasteiger partial charge >= 0.3 is 0 Å². The minimum atomic E-state index is 0.00118. The molecule has 1 amide bonds. The number of hydrogen-bond acceptors (Lipinski definition) is 4. The Labute approximate surface area is 114 Å². The van der Waals surface area contributed by atoms with Crippen LogP contribution in [0, 0.1) is 5.92 Å². The van der Waals surface area contributed by atoms with Gasteiger partial charge < -0.3 is 16.0 Å². The topological polar surface area (TPSA) is 71.2 Å². The normalized spacial score (nSPS) is 21.0. The fourth-order valence-electron chi connectivity index (χ4n) is 2.49. The average Bonchev–Trinajstić information content (AvgIpc) is 2.46. The lowest BCUT2D eigenvalue weighted by atomic mass is 9.97. The Kier molecular flexibility index (Phi) is 4.37. The number of anilines is 1. The van der Waals surface area contributed by atoms with Gasteiger partial charge in [-0.25, -0.2) is 4.98 Å². The molecular formula is C14H22N4O. The highest BCUT2D eigenvalue weighted by atomic mass is 16.1. The molecule has 1 aliphatic rings. The van der Waals surface area contributed by atoms with Gasteiger partial charge in [0, 0.05) is 32.4 Å². The Bertz CT molecular complexity index is 447. The van der Waals surface area contributed by atoms with Crippen LogP contribution in [-0.2, 0) is 4.79 Å². The Balaban J connectivity index is 2.13. The fourth-order valence-corrected chi connectivity index (χ4v) is 2.49. The molecule has 1 aromatic heterocycles. The predicted molar refractivity (Wildman–Crippen MR) is 75.8 cm³/mol. The second-order valence-corrected chi connectivity index (χ2v) is 5.14. The van der Waals surface area contributed by atoms with Gasteiger partial charge in [0.1, 0.15) is 5.82 Å². The molecule has 0 spiro atoms. The number of piperidine rings is 1. The fraction of sp³-hybridized carbons (Fsp3) is 0.571. The van der Waals surface area contributed by atoms with E-state index in [1.165, 1.54) is 0 Å². The number of nitrogens with one attached hydrogen (secondary N) is 1. The summed E-state index contributed by atoms with van der Waals surface area (Å²) in [6.07, 6.45) is 3.75. The van der Waals surface area contributed by atoms with Gasteiger partial charge in [0.25, 0.3) is 0 Å². The largest absolute Gasteiger partial charge is 0.359 e. The van der Waals surface area contributed by atoms with Gasteiger partial charge in [0.15, 0.2) is 0 Å². The highest BCUT2D eigenvalue weighted by molar-refractivity contribution is 5.79. The number of hydrogen-bond donors (Lipinski definition) is 2. The number of rotatable bonds is 3. The monoisotopic (exact) mass is 262 g/mol. The molecule has 0 aromatic carbocycles. The van der Waals surface area contributed by atoms with Crippen molar-refractivity contribution in [1.82, 2.24) is 10.3 Å². The van der Waals surface area contributed by atoms with Crippen LogP contribution < -0.4 is 16.0 Å². The molecule has 104 valence electrons. The van der Waals surface area contributed by atoms with Gasteiger partial charge in [-0.2, -0.15) is 0 Å². The van der Waals surface area contributed by atoms with Crippen LogP contribution in [0.3, 0.4) is 0 Å². The molecule has 2 atom stereocenters. The van der Waals surface area contributed by atoms with Crippen LogP contribution in [0.25, 0.3) is 0 Å². The molecule has 0 aliphatic carbocycles. The summed E-state index contributed by atoms with van der Waals surface area (Å²) >= 11 is 0. The van der Waals surface area contributed by atoms with Crippen molar-refractivity contribution in [3.8, 4) is 0 Å². The van der Waals surface area contributed by atoms with Gasteiger partial charge in [-0.1, -0.05) is 0 Å². The summed E-state index contributed by atoms with van der Waals surface area (Å²) in [5.41, 5.74) is 6.97. The van der Waals surface area contributed by atoms with Crippen molar-refractivity contribution >= 4 is 11.7 Å². The summed E-state index contributed by atoms with van der Waals surface area (Å²) in [5, 5.41) is 2.73. The van der Waals surface area contributed by atoms with Gasteiger partial charge in [-0.15, -0.1) is 0 Å². The van der Waals surface area contributed by atoms with Crippen LogP contribution in [0.4, 0.5) is 5.82 Å². The Morgan fingerprint density at radius 3 is 3.11 bits per heavy atom. The van der Waals surface area contributed by atoms with E-state index >= 15 is 0 Å². The van der Waals surface area contributed by atoms with Crippen LogP contribution in [0.1, 0.15) is 31.4 Å². The van der Waals surface area contributed by atoms with E-state index in [4.69, 9.17) is 5.73 Å². The molecule has 5 nitrogen and oxygen atoms in total. The lowest BCUT2D eigenvalue weighted by Gasteiger charge is -2.32. The predicted octanol–water partition coefficient (Wildman–Crippen LogP) is 1.06. The minimum absolute atomic E-state index is 0.00118. The van der Waals surface area contributed by atoms with Crippen LogP contribution >= 0.6 is 0 Å². The Hall–Kier alpha value is -1.62. The van der Waals surface area contributed by atoms with E-state index < -0.39 is 0 Å². The maximum atomic E-state index is 11.7. The van der Waals surface area contributed by atoms with Crippen LogP contribution in [-0.4, -0.2) is 31.0 Å². The van der Waals surface area contributed by atoms with Crippen LogP contribution in [0.15, 0.2) is 18.3 Å². The number of nitrogens with zero attached hydrogens (tertiary/aromatic N) is 2. The third kappa shape index (κ3) is 3.23. The third-order valence-corrected chi connectivity index (χ3v) is 3.66. The molecule has 3 N–H and O–H groups in total. The molecule has 1 aromatic rings. The molecule has 1 fully saturated rings. The summed E-state index contributed by atoms with van der Waals surface area (Å²) in [5.74, 6) is 1.09. The first-order valence-corrected chi connectivity index (χ1v) is 6.80. The van der Waals surface area contributed by atoms with Gasteiger partial charge in [-0.3, -0.25) is 4.79 Å². The maximum absolute atomic E-state index is 11.7. The molecule has 0 radical (unpaired) electrons. The summed E-state index contributed by atoms with van der Waals surface area (Å²) < 4.78 is 0. The van der Waals surface area contributed by atoms with Crippen molar-refractivity contribution < 1.29 is 4.79 Å². The third-order valence-electron chi connectivity index (χ3n) is 3.66. The molecule has 2 rings (SSSR count). The van der Waals surface area contributed by atoms with E-state index in [-0.39, 0.29) is 17.9 Å². The lowest BCUT2D eigenvalue weighted by molar-refractivity contribution is -0.124.